The Labute approximate surface area is 179 Å². The number of nitrogens with zero attached hydrogens (tertiary/aromatic N) is 2. The van der Waals surface area contributed by atoms with E-state index in [4.69, 9.17) is 0 Å². The molecule has 2 heterocycles. The van der Waals surface area contributed by atoms with Crippen LogP contribution < -0.4 is 16.0 Å². The number of pyridine rings is 2. The number of hydrogen-bond donors (Lipinski definition) is 3. The minimum absolute atomic E-state index is 0.00640. The van der Waals surface area contributed by atoms with E-state index in [9.17, 15) is 18.4 Å². The zero-order chi connectivity index (χ0) is 23.0. The number of nitrogens with one attached hydrogen (secondary N) is 3. The van der Waals surface area contributed by atoms with Crippen LogP contribution in [0.15, 0.2) is 66.7 Å². The zero-order valence-electron chi connectivity index (χ0n) is 17.4. The third-order valence-corrected chi connectivity index (χ3v) is 4.21. The largest absolute Gasteiger partial charge is 0.355 e. The molecule has 162 valence electrons. The molecule has 0 saturated heterocycles. The normalized spacial score (nSPS) is 11.8. The Hall–Kier alpha value is -3.88. The Morgan fingerprint density at radius 1 is 1.13 bits per heavy atom. The van der Waals surface area contributed by atoms with E-state index < -0.39 is 23.9 Å². The maximum absolute atomic E-state index is 12.9. The summed E-state index contributed by atoms with van der Waals surface area (Å²) in [4.78, 5) is 32.5. The van der Waals surface area contributed by atoms with E-state index in [-0.39, 0.29) is 22.6 Å². The number of amides is 2. The van der Waals surface area contributed by atoms with Gasteiger partial charge in [-0.3, -0.25) is 14.6 Å². The number of alkyl halides is 2. The second-order valence-electron chi connectivity index (χ2n) is 6.35. The number of halogens is 2. The first-order valence-corrected chi connectivity index (χ1v) is 9.31. The van der Waals surface area contributed by atoms with E-state index in [0.717, 1.165) is 17.8 Å². The van der Waals surface area contributed by atoms with Crippen molar-refractivity contribution in [2.75, 3.05) is 17.7 Å². The molecule has 9 heteroatoms. The van der Waals surface area contributed by atoms with Crippen molar-refractivity contribution in [1.29, 1.82) is 0 Å². The van der Waals surface area contributed by atoms with Crippen LogP contribution in [0.4, 0.5) is 20.3 Å². The van der Waals surface area contributed by atoms with Gasteiger partial charge in [0.25, 0.3) is 18.2 Å². The van der Waals surface area contributed by atoms with Gasteiger partial charge in [-0.15, -0.1) is 0 Å². The predicted molar refractivity (Wildman–Crippen MR) is 116 cm³/mol. The van der Waals surface area contributed by atoms with E-state index in [1.165, 1.54) is 25.4 Å². The van der Waals surface area contributed by atoms with Gasteiger partial charge >= 0.3 is 0 Å². The molecule has 0 unspecified atom stereocenters. The summed E-state index contributed by atoms with van der Waals surface area (Å²) < 4.78 is 25.9. The molecule has 0 bridgehead atoms. The van der Waals surface area contributed by atoms with Crippen LogP contribution in [0.5, 0.6) is 0 Å². The van der Waals surface area contributed by atoms with Crippen molar-refractivity contribution in [3.05, 3.63) is 83.5 Å². The van der Waals surface area contributed by atoms with Gasteiger partial charge in [0, 0.05) is 30.7 Å². The number of carbonyl (C=O) groups excluding carboxylic acids is 2. The molecule has 3 N–H and O–H groups in total. The standard InChI is InChI=1S/C22H23F2N5O2/c1-5-7-16(13(3)6-2)28-20-18(11-15(12-27-20)21(30)25-4)29-22(31)14-8-9-26-17(10-14)19(23)24/h5-12,19H,2H2,1,3-4H3,(H,25,30)(H,27,28)(H,29,31)/b7-5-,16-13+. The third-order valence-electron chi connectivity index (χ3n) is 4.21. The summed E-state index contributed by atoms with van der Waals surface area (Å²) in [6, 6.07) is 3.77. The fourth-order valence-corrected chi connectivity index (χ4v) is 2.51. The first-order valence-electron chi connectivity index (χ1n) is 9.31. The highest BCUT2D eigenvalue weighted by Crippen LogP contribution is 2.25. The highest BCUT2D eigenvalue weighted by molar-refractivity contribution is 6.06. The maximum Gasteiger partial charge on any atom is 0.280 e. The molecule has 0 fully saturated rings. The lowest BCUT2D eigenvalue weighted by Gasteiger charge is -2.15. The number of allylic oxidation sites excluding steroid dienone is 4. The first-order chi connectivity index (χ1) is 14.8. The summed E-state index contributed by atoms with van der Waals surface area (Å²) >= 11 is 0. The van der Waals surface area contributed by atoms with Crippen molar-refractivity contribution in [2.45, 2.75) is 20.3 Å². The fraction of sp³-hybridized carbons (Fsp3) is 0.182. The Morgan fingerprint density at radius 2 is 1.87 bits per heavy atom. The van der Waals surface area contributed by atoms with E-state index >= 15 is 0 Å². The SMILES string of the molecule is C=C/C(C)=C(\C=C/C)Nc1ncc(C(=O)NC)cc1NC(=O)c1ccnc(C(F)F)c1. The zero-order valence-corrected chi connectivity index (χ0v) is 17.4. The summed E-state index contributed by atoms with van der Waals surface area (Å²) in [5, 5.41) is 8.21. The third kappa shape index (κ3) is 6.05. The lowest BCUT2D eigenvalue weighted by atomic mass is 10.1. The number of rotatable bonds is 8. The van der Waals surface area contributed by atoms with Crippen LogP contribution in [0.3, 0.4) is 0 Å². The number of aromatic nitrogens is 2. The first kappa shape index (κ1) is 23.4. The Kier molecular flexibility index (Phi) is 8.13. The molecule has 0 aliphatic heterocycles. The second-order valence-corrected chi connectivity index (χ2v) is 6.35. The van der Waals surface area contributed by atoms with Gasteiger partial charge in [-0.2, -0.15) is 0 Å². The van der Waals surface area contributed by atoms with Crippen molar-refractivity contribution in [1.82, 2.24) is 15.3 Å². The summed E-state index contributed by atoms with van der Waals surface area (Å²) in [5.41, 5.74) is 1.39. The predicted octanol–water partition coefficient (Wildman–Crippen LogP) is 4.47. The van der Waals surface area contributed by atoms with Crippen molar-refractivity contribution >= 4 is 23.3 Å². The van der Waals surface area contributed by atoms with E-state index in [2.05, 4.69) is 32.5 Å². The Bertz CT molecular complexity index is 1050. The van der Waals surface area contributed by atoms with E-state index in [1.807, 2.05) is 19.9 Å². The number of hydrogen-bond acceptors (Lipinski definition) is 5. The molecule has 2 rings (SSSR count). The average Bonchev–Trinajstić information content (AvgIpc) is 2.78. The van der Waals surface area contributed by atoms with Crippen LogP contribution >= 0.6 is 0 Å². The number of carbonyl (C=O) groups is 2. The van der Waals surface area contributed by atoms with Gasteiger partial charge in [0.15, 0.2) is 5.82 Å². The summed E-state index contributed by atoms with van der Waals surface area (Å²) in [6.45, 7) is 7.43. The van der Waals surface area contributed by atoms with Crippen LogP contribution in [0.2, 0.25) is 0 Å². The molecule has 0 saturated carbocycles. The Balaban J connectivity index is 2.47. The molecule has 31 heavy (non-hydrogen) atoms. The van der Waals surface area contributed by atoms with Crippen molar-refractivity contribution in [3.63, 3.8) is 0 Å². The fourth-order valence-electron chi connectivity index (χ4n) is 2.51. The summed E-state index contributed by atoms with van der Waals surface area (Å²) in [5.74, 6) is -0.788. The van der Waals surface area contributed by atoms with Crippen LogP contribution in [-0.4, -0.2) is 28.8 Å². The minimum Gasteiger partial charge on any atom is -0.355 e. The van der Waals surface area contributed by atoms with Gasteiger partial charge in [0.2, 0.25) is 0 Å². The summed E-state index contributed by atoms with van der Waals surface area (Å²) in [6.07, 6.45) is 4.95. The molecule has 2 amide bonds. The molecule has 2 aromatic heterocycles. The maximum atomic E-state index is 12.9. The smallest absolute Gasteiger partial charge is 0.280 e. The van der Waals surface area contributed by atoms with Crippen molar-refractivity contribution in [2.24, 2.45) is 0 Å². The van der Waals surface area contributed by atoms with Gasteiger partial charge in [0.1, 0.15) is 5.69 Å². The molecule has 0 atom stereocenters. The molecule has 0 spiro atoms. The molecular formula is C22H23F2N5O2. The van der Waals surface area contributed by atoms with Crippen molar-refractivity contribution in [3.8, 4) is 0 Å². The lowest BCUT2D eigenvalue weighted by molar-refractivity contribution is 0.0961. The highest BCUT2D eigenvalue weighted by atomic mass is 19.3. The van der Waals surface area contributed by atoms with Crippen LogP contribution in [-0.2, 0) is 0 Å². The van der Waals surface area contributed by atoms with Crippen LogP contribution in [0.25, 0.3) is 0 Å². The molecule has 2 aromatic rings. The minimum atomic E-state index is -2.81. The quantitative estimate of drug-likeness (QED) is 0.540. The summed E-state index contributed by atoms with van der Waals surface area (Å²) in [7, 11) is 1.47. The van der Waals surface area contributed by atoms with Gasteiger partial charge in [-0.1, -0.05) is 18.7 Å². The van der Waals surface area contributed by atoms with E-state index in [1.54, 1.807) is 12.2 Å². The van der Waals surface area contributed by atoms with E-state index in [0.29, 0.717) is 5.70 Å². The van der Waals surface area contributed by atoms with Gasteiger partial charge in [0.05, 0.1) is 11.3 Å². The van der Waals surface area contributed by atoms with Gasteiger partial charge in [-0.05, 0) is 43.7 Å². The molecular weight excluding hydrogens is 404 g/mol. The monoisotopic (exact) mass is 427 g/mol. The van der Waals surface area contributed by atoms with Gasteiger partial charge < -0.3 is 16.0 Å². The van der Waals surface area contributed by atoms with Crippen molar-refractivity contribution < 1.29 is 18.4 Å². The van der Waals surface area contributed by atoms with Crippen LogP contribution in [0, 0.1) is 0 Å². The molecule has 0 aliphatic rings. The molecule has 0 radical (unpaired) electrons. The average molecular weight is 427 g/mol. The molecule has 7 nitrogen and oxygen atoms in total. The lowest BCUT2D eigenvalue weighted by Crippen LogP contribution is -2.20. The molecule has 0 aliphatic carbocycles. The molecule has 0 aromatic carbocycles. The second kappa shape index (κ2) is 10.8. The number of anilines is 2. The van der Waals surface area contributed by atoms with Gasteiger partial charge in [-0.25, -0.2) is 13.8 Å². The highest BCUT2D eigenvalue weighted by Gasteiger charge is 2.17. The Morgan fingerprint density at radius 3 is 2.48 bits per heavy atom. The topological polar surface area (TPSA) is 96.0 Å². The van der Waals surface area contributed by atoms with Crippen LogP contribution in [0.1, 0.15) is 46.7 Å².